The lowest BCUT2D eigenvalue weighted by atomic mass is 9.98. The zero-order valence-electron chi connectivity index (χ0n) is 22.1. The Morgan fingerprint density at radius 3 is 2.70 bits per heavy atom. The number of amides is 1. The number of aromatic nitrogens is 1. The third kappa shape index (κ3) is 5.14. The summed E-state index contributed by atoms with van der Waals surface area (Å²) in [6, 6.07) is 11.1. The zero-order chi connectivity index (χ0) is 28.4. The topological polar surface area (TPSA) is 98.9 Å². The Morgan fingerprint density at radius 2 is 1.98 bits per heavy atom. The van der Waals surface area contributed by atoms with E-state index in [9.17, 15) is 14.4 Å². The Bertz CT molecular complexity index is 1660. The highest BCUT2D eigenvalue weighted by Crippen LogP contribution is 2.43. The van der Waals surface area contributed by atoms with E-state index in [-0.39, 0.29) is 44.3 Å². The Kier molecular flexibility index (Phi) is 8.04. The largest absolute Gasteiger partial charge is 0.494 e. The van der Waals surface area contributed by atoms with Crippen LogP contribution >= 0.6 is 22.9 Å². The monoisotopic (exact) mass is 578 g/mol. The van der Waals surface area contributed by atoms with Gasteiger partial charge in [0.2, 0.25) is 5.76 Å². The molecule has 1 unspecified atom stereocenters. The van der Waals surface area contributed by atoms with Crippen molar-refractivity contribution in [3.05, 3.63) is 97.8 Å². The van der Waals surface area contributed by atoms with Crippen molar-refractivity contribution in [3.63, 3.8) is 0 Å². The number of halogens is 1. The van der Waals surface area contributed by atoms with Crippen LogP contribution in [0.3, 0.4) is 0 Å². The predicted octanol–water partition coefficient (Wildman–Crippen LogP) is 6.87. The van der Waals surface area contributed by atoms with Gasteiger partial charge in [-0.25, -0.2) is 9.78 Å². The zero-order valence-corrected chi connectivity index (χ0v) is 23.6. The van der Waals surface area contributed by atoms with Crippen LogP contribution in [0, 0.1) is 6.92 Å². The molecule has 1 amide bonds. The van der Waals surface area contributed by atoms with E-state index < -0.39 is 17.9 Å². The maximum atomic E-state index is 13.9. The summed E-state index contributed by atoms with van der Waals surface area (Å²) in [6.07, 6.45) is 4.60. The number of unbranched alkanes of at least 4 members (excludes halogenated alkanes) is 2. The number of fused-ring (bicyclic) bond motifs is 2. The Hall–Kier alpha value is -3.95. The molecule has 0 N–H and O–H groups in total. The minimum absolute atomic E-state index is 0.0443. The number of aryl methyl sites for hydroxylation is 1. The quantitative estimate of drug-likeness (QED) is 0.115. The van der Waals surface area contributed by atoms with E-state index in [2.05, 4.69) is 18.5 Å². The van der Waals surface area contributed by atoms with Gasteiger partial charge in [-0.3, -0.25) is 14.5 Å². The third-order valence-electron chi connectivity index (χ3n) is 6.55. The number of benzene rings is 2. The van der Waals surface area contributed by atoms with Crippen molar-refractivity contribution < 1.29 is 23.5 Å². The average molecular weight is 579 g/mol. The standard InChI is InChI=1S/C30H27ClN2O6S/c1-4-6-7-15-37-20-11-8-18(9-12-20)24-23-25(34)21-16-19(31)10-13-22(21)39-26(23)28(35)33(24)30-32-17(3)27(40-30)29(36)38-14-5-2/h5,8-13,16,24H,2,4,6-7,14-15H2,1,3H3. The van der Waals surface area contributed by atoms with Crippen LogP contribution in [0.2, 0.25) is 5.02 Å². The maximum absolute atomic E-state index is 13.9. The van der Waals surface area contributed by atoms with Crippen molar-refractivity contribution in [1.29, 1.82) is 0 Å². The number of hydrogen-bond acceptors (Lipinski definition) is 8. The van der Waals surface area contributed by atoms with Gasteiger partial charge < -0.3 is 13.9 Å². The van der Waals surface area contributed by atoms with E-state index in [1.165, 1.54) is 17.0 Å². The average Bonchev–Trinajstić information content (AvgIpc) is 3.47. The van der Waals surface area contributed by atoms with Crippen molar-refractivity contribution in [1.82, 2.24) is 4.98 Å². The van der Waals surface area contributed by atoms with Gasteiger partial charge in [-0.1, -0.05) is 67.5 Å². The molecule has 8 nitrogen and oxygen atoms in total. The Labute approximate surface area is 239 Å². The first kappa shape index (κ1) is 27.6. The number of carbonyl (C=O) groups is 2. The minimum Gasteiger partial charge on any atom is -0.494 e. The van der Waals surface area contributed by atoms with Crippen molar-refractivity contribution in [2.75, 3.05) is 18.1 Å². The van der Waals surface area contributed by atoms with Crippen LogP contribution in [0.25, 0.3) is 11.0 Å². The van der Waals surface area contributed by atoms with Crippen LogP contribution in [0.4, 0.5) is 5.13 Å². The minimum atomic E-state index is -0.848. The second kappa shape index (κ2) is 11.7. The van der Waals surface area contributed by atoms with E-state index in [0.717, 1.165) is 30.6 Å². The lowest BCUT2D eigenvalue weighted by molar-refractivity contribution is 0.0554. The molecular formula is C30H27ClN2O6S. The van der Waals surface area contributed by atoms with Crippen LogP contribution in [-0.2, 0) is 4.74 Å². The summed E-state index contributed by atoms with van der Waals surface area (Å²) < 4.78 is 17.0. The summed E-state index contributed by atoms with van der Waals surface area (Å²) >= 11 is 7.20. The molecule has 1 aliphatic heterocycles. The van der Waals surface area contributed by atoms with Crippen molar-refractivity contribution in [2.45, 2.75) is 39.2 Å². The van der Waals surface area contributed by atoms with E-state index in [1.54, 1.807) is 19.1 Å². The number of anilines is 1. The van der Waals surface area contributed by atoms with Gasteiger partial charge in [0.1, 0.15) is 22.8 Å². The molecule has 0 bridgehead atoms. The van der Waals surface area contributed by atoms with Gasteiger partial charge in [-0.05, 0) is 49.2 Å². The molecule has 0 spiro atoms. The number of hydrogen-bond donors (Lipinski definition) is 0. The maximum Gasteiger partial charge on any atom is 0.350 e. The lowest BCUT2D eigenvalue weighted by Gasteiger charge is -2.22. The van der Waals surface area contributed by atoms with Crippen LogP contribution in [-0.4, -0.2) is 30.1 Å². The fourth-order valence-corrected chi connectivity index (χ4v) is 5.78. The van der Waals surface area contributed by atoms with Crippen LogP contribution < -0.4 is 15.1 Å². The highest BCUT2D eigenvalue weighted by Gasteiger charge is 2.45. The summed E-state index contributed by atoms with van der Waals surface area (Å²) in [6.45, 7) is 8.00. The second-order valence-electron chi connectivity index (χ2n) is 9.31. The summed E-state index contributed by atoms with van der Waals surface area (Å²) in [5.74, 6) is -0.492. The molecule has 0 saturated heterocycles. The van der Waals surface area contributed by atoms with Crippen molar-refractivity contribution in [2.24, 2.45) is 0 Å². The number of nitrogens with zero attached hydrogens (tertiary/aromatic N) is 2. The van der Waals surface area contributed by atoms with E-state index >= 15 is 0 Å². The number of ether oxygens (including phenoxy) is 2. The first-order valence-electron chi connectivity index (χ1n) is 12.9. The first-order valence-corrected chi connectivity index (χ1v) is 14.1. The predicted molar refractivity (Wildman–Crippen MR) is 155 cm³/mol. The third-order valence-corrected chi connectivity index (χ3v) is 7.93. The van der Waals surface area contributed by atoms with Crippen LogP contribution in [0.15, 0.2) is 64.3 Å². The van der Waals surface area contributed by atoms with Crippen LogP contribution in [0.5, 0.6) is 5.75 Å². The normalized spacial score (nSPS) is 14.4. The molecule has 206 valence electrons. The molecule has 0 radical (unpaired) electrons. The van der Waals surface area contributed by atoms with Crippen LogP contribution in [0.1, 0.15) is 69.3 Å². The van der Waals surface area contributed by atoms with Gasteiger partial charge in [0.05, 0.1) is 29.3 Å². The molecule has 0 fully saturated rings. The molecule has 0 aliphatic carbocycles. The summed E-state index contributed by atoms with van der Waals surface area (Å²) in [4.78, 5) is 46.5. The van der Waals surface area contributed by atoms with Crippen molar-refractivity contribution in [3.8, 4) is 5.75 Å². The molecule has 1 aliphatic rings. The molecule has 1 atom stereocenters. The van der Waals surface area contributed by atoms with E-state index in [4.69, 9.17) is 25.5 Å². The van der Waals surface area contributed by atoms with Gasteiger partial charge in [-0.2, -0.15) is 0 Å². The Morgan fingerprint density at radius 1 is 1.20 bits per heavy atom. The Balaban J connectivity index is 1.61. The molecule has 2 aromatic carbocycles. The smallest absolute Gasteiger partial charge is 0.350 e. The number of rotatable bonds is 10. The molecular weight excluding hydrogens is 552 g/mol. The molecule has 5 rings (SSSR count). The number of esters is 1. The molecule has 40 heavy (non-hydrogen) atoms. The highest BCUT2D eigenvalue weighted by atomic mass is 35.5. The molecule has 0 saturated carbocycles. The molecule has 3 heterocycles. The van der Waals surface area contributed by atoms with Gasteiger partial charge in [0.25, 0.3) is 5.91 Å². The second-order valence-corrected chi connectivity index (χ2v) is 10.7. The summed E-state index contributed by atoms with van der Waals surface area (Å²) in [7, 11) is 0. The lowest BCUT2D eigenvalue weighted by Crippen LogP contribution is -2.29. The number of carbonyl (C=O) groups excluding carboxylic acids is 2. The van der Waals surface area contributed by atoms with Gasteiger partial charge in [0.15, 0.2) is 10.6 Å². The molecule has 2 aromatic heterocycles. The van der Waals surface area contributed by atoms with E-state index in [1.807, 2.05) is 24.3 Å². The van der Waals surface area contributed by atoms with E-state index in [0.29, 0.717) is 28.6 Å². The molecule has 4 aromatic rings. The van der Waals surface area contributed by atoms with Crippen molar-refractivity contribution >= 4 is 50.9 Å². The fourth-order valence-electron chi connectivity index (χ4n) is 4.62. The number of thiazole rings is 1. The fraction of sp³-hybridized carbons (Fsp3) is 0.267. The first-order chi connectivity index (χ1) is 19.3. The highest BCUT2D eigenvalue weighted by molar-refractivity contribution is 7.17. The summed E-state index contributed by atoms with van der Waals surface area (Å²) in [5, 5.41) is 0.886. The summed E-state index contributed by atoms with van der Waals surface area (Å²) in [5.41, 5.74) is 1.13. The van der Waals surface area contributed by atoms with Gasteiger partial charge >= 0.3 is 5.97 Å². The molecule has 10 heteroatoms. The van der Waals surface area contributed by atoms with Gasteiger partial charge in [0, 0.05) is 5.02 Å². The van der Waals surface area contributed by atoms with Gasteiger partial charge in [-0.15, -0.1) is 0 Å². The SMILES string of the molecule is C=CCOC(=O)c1sc(N2C(=O)c3oc4ccc(Cl)cc4c(=O)c3C2c2ccc(OCCCCC)cc2)nc1C.